The molecule has 0 saturated carbocycles. The first-order valence-electron chi connectivity index (χ1n) is 8.56. The van der Waals surface area contributed by atoms with E-state index < -0.39 is 10.0 Å². The topological polar surface area (TPSA) is 100 Å². The quantitative estimate of drug-likeness (QED) is 0.593. The van der Waals surface area contributed by atoms with E-state index in [1.807, 2.05) is 19.1 Å². The number of rotatable bonds is 6. The van der Waals surface area contributed by atoms with Crippen molar-refractivity contribution in [1.29, 1.82) is 0 Å². The lowest BCUT2D eigenvalue weighted by molar-refractivity contribution is 0.251. The summed E-state index contributed by atoms with van der Waals surface area (Å²) in [5.41, 5.74) is 2.70. The zero-order valence-corrected chi connectivity index (χ0v) is 16.0. The fraction of sp³-hybridized carbons (Fsp3) is 0.100. The van der Waals surface area contributed by atoms with Gasteiger partial charge in [0.2, 0.25) is 0 Å². The fourth-order valence-corrected chi connectivity index (χ4v) is 3.64. The highest BCUT2D eigenvalue weighted by molar-refractivity contribution is 7.92. The number of carbonyl (C=O) groups is 1. The molecule has 3 rings (SSSR count). The van der Waals surface area contributed by atoms with E-state index >= 15 is 0 Å². The van der Waals surface area contributed by atoms with Gasteiger partial charge in [0.15, 0.2) is 0 Å². The van der Waals surface area contributed by atoms with Crippen LogP contribution in [0.15, 0.2) is 78.0 Å². The molecule has 2 aromatic carbocycles. The predicted octanol–water partition coefficient (Wildman–Crippen LogP) is 3.51. The molecule has 1 heterocycles. The van der Waals surface area contributed by atoms with Crippen LogP contribution in [0.3, 0.4) is 0 Å². The minimum absolute atomic E-state index is 0.199. The number of nitrogens with zero attached hydrogens (tertiary/aromatic N) is 1. The molecule has 8 heteroatoms. The van der Waals surface area contributed by atoms with Crippen molar-refractivity contribution in [2.75, 3.05) is 10.0 Å². The van der Waals surface area contributed by atoms with Gasteiger partial charge in [-0.3, -0.25) is 9.71 Å². The molecule has 0 radical (unpaired) electrons. The van der Waals surface area contributed by atoms with Gasteiger partial charge in [0.25, 0.3) is 10.0 Å². The van der Waals surface area contributed by atoms with E-state index in [0.29, 0.717) is 17.9 Å². The van der Waals surface area contributed by atoms with Gasteiger partial charge in [0, 0.05) is 30.3 Å². The maximum absolute atomic E-state index is 12.4. The highest BCUT2D eigenvalue weighted by Crippen LogP contribution is 2.19. The number of aromatic nitrogens is 1. The molecule has 3 aromatic rings. The van der Waals surface area contributed by atoms with Gasteiger partial charge in [0.05, 0.1) is 4.90 Å². The van der Waals surface area contributed by atoms with Crippen LogP contribution in [-0.4, -0.2) is 19.4 Å². The molecule has 1 aromatic heterocycles. The van der Waals surface area contributed by atoms with Crippen molar-refractivity contribution in [3.63, 3.8) is 0 Å². The molecule has 28 heavy (non-hydrogen) atoms. The molecule has 0 spiro atoms. The molecule has 7 nitrogen and oxygen atoms in total. The van der Waals surface area contributed by atoms with Crippen LogP contribution in [0, 0.1) is 6.92 Å². The van der Waals surface area contributed by atoms with Gasteiger partial charge in [-0.2, -0.15) is 0 Å². The van der Waals surface area contributed by atoms with Crippen molar-refractivity contribution in [2.45, 2.75) is 18.4 Å². The number of benzene rings is 2. The normalized spacial score (nSPS) is 10.9. The molecule has 144 valence electrons. The number of carbonyl (C=O) groups excluding carboxylic acids is 1. The molecule has 0 aliphatic carbocycles. The van der Waals surface area contributed by atoms with E-state index in [1.54, 1.807) is 54.9 Å². The minimum Gasteiger partial charge on any atom is -0.334 e. The Hall–Kier alpha value is -3.39. The summed E-state index contributed by atoms with van der Waals surface area (Å²) in [6, 6.07) is 16.4. The maximum Gasteiger partial charge on any atom is 0.319 e. The Morgan fingerprint density at radius 3 is 2.43 bits per heavy atom. The second kappa shape index (κ2) is 8.53. The SMILES string of the molecule is Cc1cccc(S(=O)(=O)Nc2ccc(NC(=O)NCc3cccnc3)cc2)c1. The van der Waals surface area contributed by atoms with Gasteiger partial charge in [0.1, 0.15) is 0 Å². The molecule has 0 aliphatic rings. The first-order valence-corrected chi connectivity index (χ1v) is 10.0. The van der Waals surface area contributed by atoms with Gasteiger partial charge >= 0.3 is 6.03 Å². The average molecular weight is 396 g/mol. The largest absolute Gasteiger partial charge is 0.334 e. The van der Waals surface area contributed by atoms with Crippen LogP contribution in [0.2, 0.25) is 0 Å². The fourth-order valence-electron chi connectivity index (χ4n) is 2.48. The molecule has 0 bridgehead atoms. The Bertz CT molecular complexity index is 1050. The van der Waals surface area contributed by atoms with Gasteiger partial charge in [-0.15, -0.1) is 0 Å². The van der Waals surface area contributed by atoms with E-state index in [0.717, 1.165) is 11.1 Å². The minimum atomic E-state index is -3.67. The van der Waals surface area contributed by atoms with E-state index in [1.165, 1.54) is 6.07 Å². The van der Waals surface area contributed by atoms with Crippen LogP contribution in [0.1, 0.15) is 11.1 Å². The summed E-state index contributed by atoms with van der Waals surface area (Å²) in [5.74, 6) is 0. The Balaban J connectivity index is 1.58. The molecule has 0 fully saturated rings. The van der Waals surface area contributed by atoms with Crippen molar-refractivity contribution in [3.05, 3.63) is 84.2 Å². The number of urea groups is 1. The second-order valence-corrected chi connectivity index (χ2v) is 7.85. The standard InChI is InChI=1S/C20H20N4O3S/c1-15-4-2-6-19(12-15)28(26,27)24-18-9-7-17(8-10-18)23-20(25)22-14-16-5-3-11-21-13-16/h2-13,24H,14H2,1H3,(H2,22,23,25). The number of amides is 2. The summed E-state index contributed by atoms with van der Waals surface area (Å²) >= 11 is 0. The van der Waals surface area contributed by atoms with Gasteiger partial charge in [-0.25, -0.2) is 13.2 Å². The van der Waals surface area contributed by atoms with Crippen molar-refractivity contribution < 1.29 is 13.2 Å². The first-order chi connectivity index (χ1) is 13.4. The lowest BCUT2D eigenvalue weighted by atomic mass is 10.2. The van der Waals surface area contributed by atoms with Crippen LogP contribution >= 0.6 is 0 Å². The van der Waals surface area contributed by atoms with E-state index in [-0.39, 0.29) is 10.9 Å². The van der Waals surface area contributed by atoms with Crippen molar-refractivity contribution in [3.8, 4) is 0 Å². The lowest BCUT2D eigenvalue weighted by Crippen LogP contribution is -2.28. The highest BCUT2D eigenvalue weighted by Gasteiger charge is 2.14. The summed E-state index contributed by atoms with van der Waals surface area (Å²) in [5, 5.41) is 5.42. The summed E-state index contributed by atoms with van der Waals surface area (Å²) < 4.78 is 27.4. The maximum atomic E-state index is 12.4. The molecule has 0 saturated heterocycles. The third kappa shape index (κ3) is 5.31. The molecular formula is C20H20N4O3S. The molecule has 2 amide bonds. The average Bonchev–Trinajstić information content (AvgIpc) is 2.68. The van der Waals surface area contributed by atoms with Crippen LogP contribution in [0.5, 0.6) is 0 Å². The number of nitrogens with one attached hydrogen (secondary N) is 3. The molecule has 0 atom stereocenters. The van der Waals surface area contributed by atoms with Crippen LogP contribution in [0.25, 0.3) is 0 Å². The summed E-state index contributed by atoms with van der Waals surface area (Å²) in [7, 11) is -3.67. The van der Waals surface area contributed by atoms with E-state index in [9.17, 15) is 13.2 Å². The van der Waals surface area contributed by atoms with Gasteiger partial charge < -0.3 is 10.6 Å². The Kier molecular flexibility index (Phi) is 5.90. The molecule has 0 aliphatic heterocycles. The number of pyridine rings is 1. The van der Waals surface area contributed by atoms with E-state index in [2.05, 4.69) is 20.3 Å². The summed E-state index contributed by atoms with van der Waals surface area (Å²) in [4.78, 5) is 16.1. The third-order valence-electron chi connectivity index (χ3n) is 3.87. The molecular weight excluding hydrogens is 376 g/mol. The number of sulfonamides is 1. The summed E-state index contributed by atoms with van der Waals surface area (Å²) in [6.45, 7) is 2.19. The highest BCUT2D eigenvalue weighted by atomic mass is 32.2. The van der Waals surface area contributed by atoms with Crippen LogP contribution in [-0.2, 0) is 16.6 Å². The van der Waals surface area contributed by atoms with Crippen molar-refractivity contribution >= 4 is 27.4 Å². The number of hydrogen-bond acceptors (Lipinski definition) is 4. The predicted molar refractivity (Wildman–Crippen MR) is 109 cm³/mol. The first kappa shape index (κ1) is 19.4. The van der Waals surface area contributed by atoms with Crippen molar-refractivity contribution in [2.24, 2.45) is 0 Å². The monoisotopic (exact) mass is 396 g/mol. The second-order valence-electron chi connectivity index (χ2n) is 6.17. The Morgan fingerprint density at radius 2 is 1.75 bits per heavy atom. The zero-order chi connectivity index (χ0) is 20.0. The van der Waals surface area contributed by atoms with Crippen molar-refractivity contribution in [1.82, 2.24) is 10.3 Å². The third-order valence-corrected chi connectivity index (χ3v) is 5.25. The van der Waals surface area contributed by atoms with E-state index in [4.69, 9.17) is 0 Å². The Morgan fingerprint density at radius 1 is 1.00 bits per heavy atom. The number of aryl methyl sites for hydroxylation is 1. The smallest absolute Gasteiger partial charge is 0.319 e. The van der Waals surface area contributed by atoms with Gasteiger partial charge in [-0.1, -0.05) is 18.2 Å². The Labute approximate surface area is 163 Å². The van der Waals surface area contributed by atoms with Gasteiger partial charge in [-0.05, 0) is 60.5 Å². The van der Waals surface area contributed by atoms with Crippen LogP contribution in [0.4, 0.5) is 16.2 Å². The van der Waals surface area contributed by atoms with Crippen LogP contribution < -0.4 is 15.4 Å². The number of anilines is 2. The zero-order valence-electron chi connectivity index (χ0n) is 15.2. The molecule has 3 N–H and O–H groups in total. The molecule has 0 unspecified atom stereocenters. The lowest BCUT2D eigenvalue weighted by Gasteiger charge is -2.10. The number of hydrogen-bond donors (Lipinski definition) is 3. The summed E-state index contributed by atoms with van der Waals surface area (Å²) in [6.07, 6.45) is 3.34.